The smallest absolute Gasteiger partial charge is 0.335 e. The van der Waals surface area contributed by atoms with Gasteiger partial charge >= 0.3 is 5.97 Å². The Morgan fingerprint density at radius 1 is 1.53 bits per heavy atom. The molecule has 0 radical (unpaired) electrons. The number of rotatable bonds is 4. The third kappa shape index (κ3) is 2.75. The van der Waals surface area contributed by atoms with Crippen LogP contribution in [0.15, 0.2) is 12.1 Å². The fraction of sp³-hybridized carbons (Fsp3) is 0.538. The minimum atomic E-state index is -0.908. The highest BCUT2D eigenvalue weighted by Gasteiger charge is 2.24. The number of aromatic nitrogens is 1. The maximum absolute atomic E-state index is 10.9. The van der Waals surface area contributed by atoms with E-state index in [4.69, 9.17) is 5.11 Å². The van der Waals surface area contributed by atoms with Gasteiger partial charge in [-0.05, 0) is 44.7 Å². The molecule has 1 fully saturated rings. The van der Waals surface area contributed by atoms with Gasteiger partial charge in [0.25, 0.3) is 0 Å². The van der Waals surface area contributed by atoms with Crippen LogP contribution in [0.3, 0.4) is 0 Å². The normalized spacial score (nSPS) is 17.3. The summed E-state index contributed by atoms with van der Waals surface area (Å²) in [5.74, 6) is 0.460. The van der Waals surface area contributed by atoms with Crippen molar-refractivity contribution in [1.29, 1.82) is 0 Å². The average Bonchev–Trinajstić information content (AvgIpc) is 2.13. The lowest BCUT2D eigenvalue weighted by Gasteiger charge is -2.32. The van der Waals surface area contributed by atoms with E-state index in [1.165, 1.54) is 19.3 Å². The summed E-state index contributed by atoms with van der Waals surface area (Å²) < 4.78 is 0. The van der Waals surface area contributed by atoms with E-state index in [0.717, 1.165) is 5.69 Å². The zero-order chi connectivity index (χ0) is 12.4. The van der Waals surface area contributed by atoms with Crippen LogP contribution in [0.2, 0.25) is 0 Å². The molecule has 1 aliphatic rings. The molecule has 1 aromatic rings. The fourth-order valence-electron chi connectivity index (χ4n) is 2.16. The third-order valence-electron chi connectivity index (χ3n) is 3.43. The van der Waals surface area contributed by atoms with Crippen molar-refractivity contribution in [3.05, 3.63) is 23.4 Å². The van der Waals surface area contributed by atoms with E-state index in [1.54, 1.807) is 12.1 Å². The summed E-state index contributed by atoms with van der Waals surface area (Å²) >= 11 is 0. The van der Waals surface area contributed by atoms with Crippen LogP contribution in [0, 0.1) is 12.8 Å². The lowest BCUT2D eigenvalue weighted by atomic mass is 9.80. The monoisotopic (exact) mass is 234 g/mol. The number of hydrogen-bond acceptors (Lipinski definition) is 3. The van der Waals surface area contributed by atoms with Gasteiger partial charge in [-0.2, -0.15) is 0 Å². The van der Waals surface area contributed by atoms with E-state index in [0.29, 0.717) is 23.3 Å². The molecule has 0 bridgehead atoms. The number of pyridine rings is 1. The van der Waals surface area contributed by atoms with Crippen LogP contribution in [0.25, 0.3) is 0 Å². The van der Waals surface area contributed by atoms with E-state index in [2.05, 4.69) is 17.2 Å². The first-order valence-corrected chi connectivity index (χ1v) is 6.05. The Hall–Kier alpha value is -1.58. The van der Waals surface area contributed by atoms with E-state index < -0.39 is 5.97 Å². The molecule has 4 nitrogen and oxygen atoms in total. The molecule has 92 valence electrons. The molecule has 0 saturated heterocycles. The second-order valence-corrected chi connectivity index (χ2v) is 4.81. The Kier molecular flexibility index (Phi) is 3.31. The van der Waals surface area contributed by atoms with Gasteiger partial charge in [-0.1, -0.05) is 6.42 Å². The molecule has 1 heterocycles. The fourth-order valence-corrected chi connectivity index (χ4v) is 2.16. The molecule has 2 rings (SSSR count). The molecular formula is C13H18N2O2. The zero-order valence-corrected chi connectivity index (χ0v) is 10.2. The summed E-state index contributed by atoms with van der Waals surface area (Å²) in [6, 6.07) is 3.55. The van der Waals surface area contributed by atoms with Gasteiger partial charge in [-0.15, -0.1) is 0 Å². The first-order valence-electron chi connectivity index (χ1n) is 6.05. The molecule has 1 saturated carbocycles. The van der Waals surface area contributed by atoms with Gasteiger partial charge in [-0.3, -0.25) is 0 Å². The van der Waals surface area contributed by atoms with Crippen LogP contribution < -0.4 is 5.32 Å². The van der Waals surface area contributed by atoms with Crippen molar-refractivity contribution in [3.63, 3.8) is 0 Å². The summed E-state index contributed by atoms with van der Waals surface area (Å²) in [4.78, 5) is 15.3. The molecule has 0 amide bonds. The van der Waals surface area contributed by atoms with Crippen molar-refractivity contribution in [2.45, 2.75) is 39.2 Å². The predicted molar refractivity (Wildman–Crippen MR) is 66.4 cm³/mol. The van der Waals surface area contributed by atoms with Gasteiger partial charge in [0.2, 0.25) is 0 Å². The number of aromatic carboxylic acids is 1. The van der Waals surface area contributed by atoms with Gasteiger partial charge in [0.05, 0.1) is 5.56 Å². The van der Waals surface area contributed by atoms with Gasteiger partial charge in [-0.25, -0.2) is 9.78 Å². The number of nitrogens with zero attached hydrogens (tertiary/aromatic N) is 1. The number of hydrogen-bond donors (Lipinski definition) is 2. The molecular weight excluding hydrogens is 216 g/mol. The number of carbonyl (C=O) groups is 1. The second-order valence-electron chi connectivity index (χ2n) is 4.81. The summed E-state index contributed by atoms with van der Waals surface area (Å²) in [6.07, 6.45) is 3.82. The molecule has 2 N–H and O–H groups in total. The largest absolute Gasteiger partial charge is 0.478 e. The van der Waals surface area contributed by atoms with Crippen molar-refractivity contribution < 1.29 is 9.90 Å². The van der Waals surface area contributed by atoms with E-state index in [-0.39, 0.29) is 0 Å². The Bertz CT molecular complexity index is 427. The van der Waals surface area contributed by atoms with Crippen molar-refractivity contribution in [2.75, 3.05) is 5.32 Å². The van der Waals surface area contributed by atoms with Crippen LogP contribution in [-0.4, -0.2) is 22.1 Å². The van der Waals surface area contributed by atoms with Crippen LogP contribution >= 0.6 is 0 Å². The summed E-state index contributed by atoms with van der Waals surface area (Å²) in [5, 5.41) is 12.3. The first-order chi connectivity index (χ1) is 8.06. The number of nitrogens with one attached hydrogen (secondary N) is 1. The van der Waals surface area contributed by atoms with Gasteiger partial charge < -0.3 is 10.4 Å². The van der Waals surface area contributed by atoms with Crippen LogP contribution in [0.5, 0.6) is 0 Å². The highest BCUT2D eigenvalue weighted by molar-refractivity contribution is 5.88. The molecule has 4 heteroatoms. The van der Waals surface area contributed by atoms with E-state index >= 15 is 0 Å². The van der Waals surface area contributed by atoms with E-state index in [9.17, 15) is 4.79 Å². The molecule has 0 aromatic carbocycles. The highest BCUT2D eigenvalue weighted by atomic mass is 16.4. The summed E-state index contributed by atoms with van der Waals surface area (Å²) in [5.41, 5.74) is 1.02. The standard InChI is InChI=1S/C13H18N2O2/c1-8-6-11(13(16)17)7-12(14-8)15-9(2)10-4-3-5-10/h6-7,9-10H,3-5H2,1-2H3,(H,14,15)(H,16,17). The van der Waals surface area contributed by atoms with Gasteiger partial charge in [0.15, 0.2) is 0 Å². The minimum Gasteiger partial charge on any atom is -0.478 e. The SMILES string of the molecule is Cc1cc(C(=O)O)cc(NC(C)C2CCC2)n1. The minimum absolute atomic E-state index is 0.292. The Morgan fingerprint density at radius 2 is 2.24 bits per heavy atom. The van der Waals surface area contributed by atoms with Crippen LogP contribution in [0.4, 0.5) is 5.82 Å². The number of carboxylic acid groups (broad SMARTS) is 1. The molecule has 0 spiro atoms. The van der Waals surface area contributed by atoms with Gasteiger partial charge in [0, 0.05) is 11.7 Å². The molecule has 1 atom stereocenters. The average molecular weight is 234 g/mol. The molecule has 0 aliphatic heterocycles. The van der Waals surface area contributed by atoms with E-state index in [1.807, 2.05) is 6.92 Å². The Labute approximate surface area is 101 Å². The summed E-state index contributed by atoms with van der Waals surface area (Å²) in [6.45, 7) is 3.94. The highest BCUT2D eigenvalue weighted by Crippen LogP contribution is 2.30. The lowest BCUT2D eigenvalue weighted by molar-refractivity contribution is 0.0696. The molecule has 1 aliphatic carbocycles. The topological polar surface area (TPSA) is 62.2 Å². The number of anilines is 1. The van der Waals surface area contributed by atoms with Crippen molar-refractivity contribution >= 4 is 11.8 Å². The Balaban J connectivity index is 2.11. The number of aryl methyl sites for hydroxylation is 1. The summed E-state index contributed by atoms with van der Waals surface area (Å²) in [7, 11) is 0. The second kappa shape index (κ2) is 4.73. The van der Waals surface area contributed by atoms with Crippen molar-refractivity contribution in [2.24, 2.45) is 5.92 Å². The molecule has 1 aromatic heterocycles. The zero-order valence-electron chi connectivity index (χ0n) is 10.2. The predicted octanol–water partition coefficient (Wildman–Crippen LogP) is 2.69. The molecule has 17 heavy (non-hydrogen) atoms. The maximum Gasteiger partial charge on any atom is 0.335 e. The lowest BCUT2D eigenvalue weighted by Crippen LogP contribution is -2.31. The molecule has 1 unspecified atom stereocenters. The van der Waals surface area contributed by atoms with Crippen LogP contribution in [-0.2, 0) is 0 Å². The third-order valence-corrected chi connectivity index (χ3v) is 3.43. The first kappa shape index (κ1) is 11.9. The number of carboxylic acids is 1. The van der Waals surface area contributed by atoms with Crippen molar-refractivity contribution in [1.82, 2.24) is 4.98 Å². The van der Waals surface area contributed by atoms with Crippen LogP contribution in [0.1, 0.15) is 42.2 Å². The van der Waals surface area contributed by atoms with Crippen molar-refractivity contribution in [3.8, 4) is 0 Å². The Morgan fingerprint density at radius 3 is 2.76 bits per heavy atom. The van der Waals surface area contributed by atoms with Gasteiger partial charge in [0.1, 0.15) is 5.82 Å². The quantitative estimate of drug-likeness (QED) is 0.840. The maximum atomic E-state index is 10.9.